The van der Waals surface area contributed by atoms with E-state index < -0.39 is 12.8 Å². The molecule has 0 atom stereocenters. The highest BCUT2D eigenvalue weighted by Gasteiger charge is 2.27. The van der Waals surface area contributed by atoms with Gasteiger partial charge in [0, 0.05) is 31.1 Å². The zero-order valence-electron chi connectivity index (χ0n) is 9.04. The van der Waals surface area contributed by atoms with Crippen molar-refractivity contribution >= 4 is 5.69 Å². The van der Waals surface area contributed by atoms with Crippen LogP contribution in [-0.2, 0) is 11.3 Å². The molecule has 4 nitrogen and oxygen atoms in total. The number of halogens is 3. The van der Waals surface area contributed by atoms with E-state index in [1.165, 1.54) is 22.9 Å². The Morgan fingerprint density at radius 3 is 2.71 bits per heavy atom. The van der Waals surface area contributed by atoms with E-state index in [-0.39, 0.29) is 18.7 Å². The molecular weight excluding hydrogens is 237 g/mol. The fourth-order valence-corrected chi connectivity index (χ4v) is 1.25. The Morgan fingerprint density at radius 2 is 2.06 bits per heavy atom. The predicted octanol–water partition coefficient (Wildman–Crippen LogP) is 1.40. The lowest BCUT2D eigenvalue weighted by atomic mass is 10.4. The summed E-state index contributed by atoms with van der Waals surface area (Å²) in [5.74, 6) is 0. The molecule has 0 unspecified atom stereocenters. The zero-order valence-corrected chi connectivity index (χ0v) is 9.04. The molecule has 2 N–H and O–H groups in total. The number of ether oxygens (including phenoxy) is 1. The minimum Gasteiger partial charge on any atom is -0.398 e. The van der Waals surface area contributed by atoms with E-state index in [1.807, 2.05) is 0 Å². The maximum atomic E-state index is 11.7. The molecule has 0 saturated carbocycles. The Kier molecular flexibility index (Phi) is 4.56. The number of nitrogens with zero attached hydrogens (tertiary/aromatic N) is 1. The summed E-state index contributed by atoms with van der Waals surface area (Å²) < 4.78 is 40.9. The normalized spacial score (nSPS) is 11.7. The lowest BCUT2D eigenvalue weighted by molar-refractivity contribution is -0.174. The molecule has 0 aliphatic carbocycles. The lowest BCUT2D eigenvalue weighted by Crippen LogP contribution is -2.21. The van der Waals surface area contributed by atoms with Crippen molar-refractivity contribution in [3.63, 3.8) is 0 Å². The number of pyridine rings is 1. The molecule has 0 saturated heterocycles. The molecule has 96 valence electrons. The van der Waals surface area contributed by atoms with Crippen LogP contribution in [-0.4, -0.2) is 24.0 Å². The summed E-state index contributed by atoms with van der Waals surface area (Å²) in [4.78, 5) is 11.3. The molecule has 1 rings (SSSR count). The summed E-state index contributed by atoms with van der Waals surface area (Å²) >= 11 is 0. The Labute approximate surface area is 95.8 Å². The second kappa shape index (κ2) is 5.72. The summed E-state index contributed by atoms with van der Waals surface area (Å²) in [6, 6.07) is 2.78. The van der Waals surface area contributed by atoms with Crippen molar-refractivity contribution in [3.8, 4) is 0 Å². The monoisotopic (exact) mass is 250 g/mol. The first-order chi connectivity index (χ1) is 7.88. The second-order valence-corrected chi connectivity index (χ2v) is 3.52. The number of alkyl halides is 3. The molecule has 0 bridgehead atoms. The van der Waals surface area contributed by atoms with Gasteiger partial charge in [-0.05, 0) is 12.5 Å². The molecule has 1 aromatic heterocycles. The average Bonchev–Trinajstić information content (AvgIpc) is 2.21. The van der Waals surface area contributed by atoms with Crippen LogP contribution in [0.5, 0.6) is 0 Å². The SMILES string of the molecule is Nc1ccc(=O)n(CCCOCC(F)(F)F)c1. The quantitative estimate of drug-likeness (QED) is 0.803. The number of anilines is 1. The predicted molar refractivity (Wildman–Crippen MR) is 56.6 cm³/mol. The van der Waals surface area contributed by atoms with Gasteiger partial charge in [-0.3, -0.25) is 4.79 Å². The smallest absolute Gasteiger partial charge is 0.398 e. The van der Waals surface area contributed by atoms with Crippen molar-refractivity contribution in [2.75, 3.05) is 18.9 Å². The maximum Gasteiger partial charge on any atom is 0.411 e. The highest BCUT2D eigenvalue weighted by Crippen LogP contribution is 2.14. The average molecular weight is 250 g/mol. The highest BCUT2D eigenvalue weighted by atomic mass is 19.4. The van der Waals surface area contributed by atoms with Crippen LogP contribution in [0.1, 0.15) is 6.42 Å². The second-order valence-electron chi connectivity index (χ2n) is 3.52. The van der Waals surface area contributed by atoms with Gasteiger partial charge in [-0.25, -0.2) is 0 Å². The van der Waals surface area contributed by atoms with Gasteiger partial charge in [0.1, 0.15) is 6.61 Å². The van der Waals surface area contributed by atoms with Gasteiger partial charge in [-0.15, -0.1) is 0 Å². The van der Waals surface area contributed by atoms with E-state index in [4.69, 9.17) is 5.73 Å². The topological polar surface area (TPSA) is 57.2 Å². The number of nitrogen functional groups attached to an aromatic ring is 1. The van der Waals surface area contributed by atoms with Crippen LogP contribution in [0.4, 0.5) is 18.9 Å². The molecule has 0 aromatic carbocycles. The number of hydrogen-bond donors (Lipinski definition) is 1. The molecular formula is C10H13F3N2O2. The van der Waals surface area contributed by atoms with E-state index in [0.717, 1.165) is 0 Å². The third-order valence-corrected chi connectivity index (χ3v) is 1.96. The van der Waals surface area contributed by atoms with Gasteiger partial charge in [0.2, 0.25) is 0 Å². The third kappa shape index (κ3) is 5.39. The van der Waals surface area contributed by atoms with Gasteiger partial charge in [0.15, 0.2) is 0 Å². The van der Waals surface area contributed by atoms with Crippen molar-refractivity contribution in [3.05, 3.63) is 28.7 Å². The summed E-state index contributed by atoms with van der Waals surface area (Å²) in [6.07, 6.45) is -2.54. The van der Waals surface area contributed by atoms with Crippen molar-refractivity contribution in [2.24, 2.45) is 0 Å². The van der Waals surface area contributed by atoms with E-state index in [9.17, 15) is 18.0 Å². The Balaban J connectivity index is 2.32. The van der Waals surface area contributed by atoms with Crippen LogP contribution < -0.4 is 11.3 Å². The Hall–Kier alpha value is -1.50. The molecule has 1 aromatic rings. The van der Waals surface area contributed by atoms with Crippen LogP contribution >= 0.6 is 0 Å². The van der Waals surface area contributed by atoms with Gasteiger partial charge < -0.3 is 15.0 Å². The first kappa shape index (κ1) is 13.6. The van der Waals surface area contributed by atoms with E-state index in [1.54, 1.807) is 0 Å². The minimum atomic E-state index is -4.31. The van der Waals surface area contributed by atoms with Crippen molar-refractivity contribution in [1.82, 2.24) is 4.57 Å². The van der Waals surface area contributed by atoms with Gasteiger partial charge in [-0.2, -0.15) is 13.2 Å². The largest absolute Gasteiger partial charge is 0.411 e. The first-order valence-corrected chi connectivity index (χ1v) is 4.99. The molecule has 0 spiro atoms. The summed E-state index contributed by atoms with van der Waals surface area (Å²) in [5, 5.41) is 0. The summed E-state index contributed by atoms with van der Waals surface area (Å²) in [7, 11) is 0. The van der Waals surface area contributed by atoms with Gasteiger partial charge in [0.25, 0.3) is 5.56 Å². The van der Waals surface area contributed by atoms with Gasteiger partial charge >= 0.3 is 6.18 Å². The molecule has 0 amide bonds. The molecule has 1 heterocycles. The highest BCUT2D eigenvalue weighted by molar-refractivity contribution is 5.33. The summed E-state index contributed by atoms with van der Waals surface area (Å²) in [6.45, 7) is -1.04. The van der Waals surface area contributed by atoms with Crippen LogP contribution in [0, 0.1) is 0 Å². The Morgan fingerprint density at radius 1 is 1.35 bits per heavy atom. The molecule has 7 heteroatoms. The number of nitrogens with two attached hydrogens (primary N) is 1. The number of hydrogen-bond acceptors (Lipinski definition) is 3. The first-order valence-electron chi connectivity index (χ1n) is 4.99. The molecule has 0 radical (unpaired) electrons. The Bertz CT molecular complexity index is 415. The van der Waals surface area contributed by atoms with E-state index >= 15 is 0 Å². The third-order valence-electron chi connectivity index (χ3n) is 1.96. The van der Waals surface area contributed by atoms with Crippen molar-refractivity contribution in [1.29, 1.82) is 0 Å². The fourth-order valence-electron chi connectivity index (χ4n) is 1.25. The molecule has 17 heavy (non-hydrogen) atoms. The number of aromatic nitrogens is 1. The molecule has 0 aliphatic rings. The fraction of sp³-hybridized carbons (Fsp3) is 0.500. The van der Waals surface area contributed by atoms with Crippen molar-refractivity contribution < 1.29 is 17.9 Å². The van der Waals surface area contributed by atoms with Gasteiger partial charge in [0.05, 0.1) is 0 Å². The maximum absolute atomic E-state index is 11.7. The number of rotatable bonds is 5. The van der Waals surface area contributed by atoms with Crippen LogP contribution in [0.15, 0.2) is 23.1 Å². The molecule has 0 aliphatic heterocycles. The number of aryl methyl sites for hydroxylation is 1. The molecule has 0 fully saturated rings. The summed E-state index contributed by atoms with van der Waals surface area (Å²) in [5.41, 5.74) is 5.67. The zero-order chi connectivity index (χ0) is 12.9. The van der Waals surface area contributed by atoms with Crippen molar-refractivity contribution in [2.45, 2.75) is 19.1 Å². The van der Waals surface area contributed by atoms with Gasteiger partial charge in [-0.1, -0.05) is 0 Å². The van der Waals surface area contributed by atoms with E-state index in [2.05, 4.69) is 4.74 Å². The van der Waals surface area contributed by atoms with Crippen LogP contribution in [0.3, 0.4) is 0 Å². The van der Waals surface area contributed by atoms with Crippen LogP contribution in [0.2, 0.25) is 0 Å². The van der Waals surface area contributed by atoms with E-state index in [0.29, 0.717) is 12.1 Å². The standard InChI is InChI=1S/C10H13F3N2O2/c11-10(12,13)7-17-5-1-4-15-6-8(14)2-3-9(15)16/h2-3,6H,1,4-5,7,14H2. The minimum absolute atomic E-state index is 0.0548. The van der Waals surface area contributed by atoms with Crippen LogP contribution in [0.25, 0.3) is 0 Å². The lowest BCUT2D eigenvalue weighted by Gasteiger charge is -2.08.